The summed E-state index contributed by atoms with van der Waals surface area (Å²) in [6, 6.07) is 0. The van der Waals surface area contributed by atoms with Crippen molar-refractivity contribution < 1.29 is 14.9 Å². The fraction of sp³-hybridized carbons (Fsp3) is 0.833. The number of aliphatic hydroxyl groups excluding tert-OH is 1. The van der Waals surface area contributed by atoms with E-state index >= 15 is 0 Å². The number of hydrogen-bond acceptors (Lipinski definition) is 3. The van der Waals surface area contributed by atoms with Crippen molar-refractivity contribution in [1.82, 2.24) is 0 Å². The monoisotopic (exact) mass is 244 g/mol. The van der Waals surface area contributed by atoms with Gasteiger partial charge in [0, 0.05) is 19.6 Å². The maximum atomic E-state index is 10.7. The highest BCUT2D eigenvalue weighted by Gasteiger charge is 2.52. The fourth-order valence-electron chi connectivity index (χ4n) is 2.77. The Morgan fingerprint density at radius 1 is 1.50 bits per heavy atom. The van der Waals surface area contributed by atoms with Gasteiger partial charge in [0.15, 0.2) is 0 Å². The van der Waals surface area contributed by atoms with Gasteiger partial charge < -0.3 is 14.9 Å². The van der Waals surface area contributed by atoms with Gasteiger partial charge in [-0.1, -0.05) is 19.2 Å². The molecule has 1 saturated heterocycles. The minimum Gasteiger partial charge on any atom is -0.396 e. The van der Waals surface area contributed by atoms with E-state index in [9.17, 15) is 5.11 Å². The Bertz CT molecular complexity index is 236. The molecule has 1 aliphatic heterocycles. The Balaban J connectivity index is 3.02. The summed E-state index contributed by atoms with van der Waals surface area (Å²) in [6.07, 6.45) is 4.94. The van der Waals surface area contributed by atoms with Crippen LogP contribution in [0.5, 0.6) is 0 Å². The molecule has 1 aliphatic rings. The number of hydrogen-bond donors (Lipinski definition) is 2. The average molecular weight is 244 g/mol. The number of aliphatic hydroxyl groups is 2. The van der Waals surface area contributed by atoms with Gasteiger partial charge in [0.05, 0.1) is 14.0 Å². The second kappa shape index (κ2) is 5.45. The van der Waals surface area contributed by atoms with Crippen molar-refractivity contribution in [3.8, 4) is 0 Å². The first-order valence-corrected chi connectivity index (χ1v) is 9.02. The summed E-state index contributed by atoms with van der Waals surface area (Å²) in [6.45, 7) is 8.80. The Hall–Kier alpha value is -0.163. The van der Waals surface area contributed by atoms with Gasteiger partial charge in [-0.2, -0.15) is 0 Å². The molecule has 1 fully saturated rings. The smallest absolute Gasteiger partial charge is 0.110 e. The molecule has 0 radical (unpaired) electrons. The van der Waals surface area contributed by atoms with Gasteiger partial charge in [-0.3, -0.25) is 0 Å². The van der Waals surface area contributed by atoms with Gasteiger partial charge in [-0.05, 0) is 19.3 Å². The Kier molecular flexibility index (Phi) is 4.73. The lowest BCUT2D eigenvalue weighted by Crippen LogP contribution is -2.63. The van der Waals surface area contributed by atoms with Gasteiger partial charge in [0.1, 0.15) is 5.60 Å². The van der Waals surface area contributed by atoms with Gasteiger partial charge in [0.2, 0.25) is 0 Å². The largest absolute Gasteiger partial charge is 0.396 e. The van der Waals surface area contributed by atoms with E-state index < -0.39 is 19.6 Å². The third-order valence-corrected chi connectivity index (χ3v) is 6.62. The van der Waals surface area contributed by atoms with Crippen LogP contribution in [0.1, 0.15) is 25.7 Å². The first-order valence-electron chi connectivity index (χ1n) is 6.13. The zero-order valence-electron chi connectivity index (χ0n) is 10.4. The summed E-state index contributed by atoms with van der Waals surface area (Å²) in [4.78, 5) is 0. The van der Waals surface area contributed by atoms with E-state index in [1.165, 1.54) is 0 Å². The molecule has 0 saturated carbocycles. The molecular weight excluding hydrogens is 220 g/mol. The van der Waals surface area contributed by atoms with Crippen molar-refractivity contribution >= 4 is 8.80 Å². The molecule has 3 nitrogen and oxygen atoms in total. The first-order chi connectivity index (χ1) is 7.52. The van der Waals surface area contributed by atoms with Gasteiger partial charge in [0.25, 0.3) is 0 Å². The molecule has 16 heavy (non-hydrogen) atoms. The molecule has 0 spiro atoms. The molecule has 0 aliphatic carbocycles. The zero-order chi connectivity index (χ0) is 12.2. The predicted molar refractivity (Wildman–Crippen MR) is 68.3 cm³/mol. The van der Waals surface area contributed by atoms with Crippen LogP contribution in [0.3, 0.4) is 0 Å². The van der Waals surface area contributed by atoms with Gasteiger partial charge in [-0.25, -0.2) is 0 Å². The van der Waals surface area contributed by atoms with E-state index in [0.29, 0.717) is 13.0 Å². The quantitative estimate of drug-likeness (QED) is 0.565. The van der Waals surface area contributed by atoms with Crippen molar-refractivity contribution in [2.24, 2.45) is 0 Å². The Morgan fingerprint density at radius 2 is 2.19 bits per heavy atom. The minimum absolute atomic E-state index is 0.0330. The molecular formula is C12H24O3Si. The normalized spacial score (nSPS) is 30.1. The summed E-state index contributed by atoms with van der Waals surface area (Å²) < 4.78 is 5.96. The highest BCUT2D eigenvalue weighted by Crippen LogP contribution is 2.40. The third-order valence-electron chi connectivity index (χ3n) is 3.80. The van der Waals surface area contributed by atoms with Crippen LogP contribution < -0.4 is 0 Å². The molecule has 0 aromatic heterocycles. The van der Waals surface area contributed by atoms with Crippen LogP contribution in [0.25, 0.3) is 0 Å². The molecule has 2 N–H and O–H groups in total. The van der Waals surface area contributed by atoms with Crippen LogP contribution in [0.2, 0.25) is 13.1 Å². The average Bonchev–Trinajstić information content (AvgIpc) is 2.29. The van der Waals surface area contributed by atoms with Gasteiger partial charge >= 0.3 is 0 Å². The summed E-state index contributed by atoms with van der Waals surface area (Å²) in [7, 11) is -1.22. The second-order valence-corrected chi connectivity index (χ2v) is 8.19. The number of rotatable bonds is 5. The first kappa shape index (κ1) is 13.9. The standard InChI is InChI=1S/C12H24O3Si/c1-4-11(14,8-9-13)12(16(2)3)7-5-6-10-15-12/h4,13-14,16H,1,5-10H2,2-3H3. The van der Waals surface area contributed by atoms with Crippen LogP contribution in [-0.2, 0) is 4.74 Å². The molecule has 2 unspecified atom stereocenters. The van der Waals surface area contributed by atoms with Crippen LogP contribution in [0.15, 0.2) is 12.7 Å². The summed E-state index contributed by atoms with van der Waals surface area (Å²) >= 11 is 0. The summed E-state index contributed by atoms with van der Waals surface area (Å²) in [5.74, 6) is 0. The van der Waals surface area contributed by atoms with Crippen molar-refractivity contribution in [2.45, 2.75) is 49.6 Å². The van der Waals surface area contributed by atoms with Crippen molar-refractivity contribution in [3.05, 3.63) is 12.7 Å². The Morgan fingerprint density at radius 3 is 2.56 bits per heavy atom. The molecule has 94 valence electrons. The highest BCUT2D eigenvalue weighted by molar-refractivity contribution is 6.59. The van der Waals surface area contributed by atoms with Gasteiger partial charge in [-0.15, -0.1) is 6.58 Å². The van der Waals surface area contributed by atoms with E-state index in [4.69, 9.17) is 9.84 Å². The second-order valence-electron chi connectivity index (χ2n) is 4.95. The van der Waals surface area contributed by atoms with Crippen LogP contribution >= 0.6 is 0 Å². The van der Waals surface area contributed by atoms with Crippen LogP contribution in [-0.4, -0.2) is 43.0 Å². The molecule has 2 atom stereocenters. The van der Waals surface area contributed by atoms with Crippen molar-refractivity contribution in [2.75, 3.05) is 13.2 Å². The summed E-state index contributed by atoms with van der Waals surface area (Å²) in [5, 5.41) is 19.4. The van der Waals surface area contributed by atoms with E-state index in [-0.39, 0.29) is 6.61 Å². The fourth-order valence-corrected chi connectivity index (χ4v) is 5.26. The zero-order valence-corrected chi connectivity index (χ0v) is 11.6. The molecule has 0 amide bonds. The highest BCUT2D eigenvalue weighted by atomic mass is 28.3. The Labute approximate surface area is 99.7 Å². The maximum Gasteiger partial charge on any atom is 0.110 e. The number of ether oxygens (including phenoxy) is 1. The lowest BCUT2D eigenvalue weighted by Gasteiger charge is -2.50. The van der Waals surface area contributed by atoms with E-state index in [1.807, 2.05) is 0 Å². The van der Waals surface area contributed by atoms with E-state index in [1.54, 1.807) is 6.08 Å². The lowest BCUT2D eigenvalue weighted by atomic mass is 9.87. The SMILES string of the molecule is C=CC(O)(CCO)C1([SiH](C)C)CCCCO1. The maximum absolute atomic E-state index is 10.7. The molecule has 0 bridgehead atoms. The molecule has 1 rings (SSSR count). The van der Waals surface area contributed by atoms with E-state index in [0.717, 1.165) is 19.3 Å². The molecule has 1 heterocycles. The molecule has 0 aromatic rings. The lowest BCUT2D eigenvalue weighted by molar-refractivity contribution is -0.141. The topological polar surface area (TPSA) is 49.7 Å². The summed E-state index contributed by atoms with van der Waals surface area (Å²) in [5.41, 5.74) is -1.07. The van der Waals surface area contributed by atoms with Crippen molar-refractivity contribution in [1.29, 1.82) is 0 Å². The van der Waals surface area contributed by atoms with Crippen molar-refractivity contribution in [3.63, 3.8) is 0 Å². The van der Waals surface area contributed by atoms with E-state index in [2.05, 4.69) is 19.7 Å². The molecule has 0 aromatic carbocycles. The third kappa shape index (κ3) is 2.25. The minimum atomic E-state index is -1.22. The van der Waals surface area contributed by atoms with Crippen LogP contribution in [0, 0.1) is 0 Å². The predicted octanol–water partition coefficient (Wildman–Crippen LogP) is 1.25. The van der Waals surface area contributed by atoms with Crippen LogP contribution in [0.4, 0.5) is 0 Å². The molecule has 4 heteroatoms.